The van der Waals surface area contributed by atoms with Crippen molar-refractivity contribution < 1.29 is 4.79 Å². The van der Waals surface area contributed by atoms with Crippen molar-refractivity contribution in [3.63, 3.8) is 0 Å². The highest BCUT2D eigenvalue weighted by atomic mass is 16.2. The van der Waals surface area contributed by atoms with E-state index in [-0.39, 0.29) is 5.92 Å². The van der Waals surface area contributed by atoms with Gasteiger partial charge in [-0.1, -0.05) is 13.0 Å². The zero-order chi connectivity index (χ0) is 19.3. The van der Waals surface area contributed by atoms with Gasteiger partial charge in [-0.3, -0.25) is 9.78 Å². The number of carbonyl (C=O) groups excluding carboxylic acids is 1. The first kappa shape index (κ1) is 19.1. The Bertz CT molecular complexity index is 760. The molecule has 0 spiro atoms. The highest BCUT2D eigenvalue weighted by Crippen LogP contribution is 2.28. The predicted molar refractivity (Wildman–Crippen MR) is 109 cm³/mol. The third-order valence-electron chi connectivity index (χ3n) is 6.13. The summed E-state index contributed by atoms with van der Waals surface area (Å²) < 4.78 is 2.21. The van der Waals surface area contributed by atoms with Crippen molar-refractivity contribution in [2.45, 2.75) is 45.1 Å². The molecule has 0 radical (unpaired) electrons. The Labute approximate surface area is 167 Å². The fourth-order valence-electron chi connectivity index (χ4n) is 4.58. The lowest BCUT2D eigenvalue weighted by atomic mass is 9.94. The molecule has 4 rings (SSSR count). The van der Waals surface area contributed by atoms with Crippen LogP contribution in [0.2, 0.25) is 0 Å². The molecule has 1 amide bonds. The minimum absolute atomic E-state index is 0.0980. The molecule has 2 aliphatic heterocycles. The fraction of sp³-hybridized carbons (Fsp3) is 0.591. The summed E-state index contributed by atoms with van der Waals surface area (Å²) >= 11 is 0. The van der Waals surface area contributed by atoms with Gasteiger partial charge in [0.05, 0.1) is 12.2 Å². The van der Waals surface area contributed by atoms with Crippen molar-refractivity contribution in [1.82, 2.24) is 24.3 Å². The number of hydrogen-bond acceptors (Lipinski definition) is 4. The molecule has 0 N–H and O–H groups in total. The Morgan fingerprint density at radius 3 is 2.61 bits per heavy atom. The number of pyridine rings is 1. The van der Waals surface area contributed by atoms with Gasteiger partial charge in [0.2, 0.25) is 5.91 Å². The molecule has 0 aromatic carbocycles. The summed E-state index contributed by atoms with van der Waals surface area (Å²) in [4.78, 5) is 26.4. The van der Waals surface area contributed by atoms with Crippen molar-refractivity contribution in [3.8, 4) is 0 Å². The molecule has 2 aromatic rings. The largest absolute Gasteiger partial charge is 0.342 e. The second kappa shape index (κ2) is 8.86. The Balaban J connectivity index is 1.32. The normalized spacial score (nSPS) is 19.8. The zero-order valence-corrected chi connectivity index (χ0v) is 16.8. The van der Waals surface area contributed by atoms with Crippen LogP contribution >= 0.6 is 0 Å². The number of carbonyl (C=O) groups is 1. The van der Waals surface area contributed by atoms with Crippen molar-refractivity contribution >= 4 is 5.91 Å². The van der Waals surface area contributed by atoms with Crippen LogP contribution in [0.3, 0.4) is 0 Å². The lowest BCUT2D eigenvalue weighted by molar-refractivity contribution is -0.136. The molecule has 1 atom stereocenters. The molecule has 28 heavy (non-hydrogen) atoms. The van der Waals surface area contributed by atoms with E-state index < -0.39 is 0 Å². The minimum Gasteiger partial charge on any atom is -0.342 e. The summed E-state index contributed by atoms with van der Waals surface area (Å²) in [5.41, 5.74) is 1.05. The molecular formula is C22H31N5O. The first-order chi connectivity index (χ1) is 13.7. The van der Waals surface area contributed by atoms with Crippen molar-refractivity contribution in [2.24, 2.45) is 5.92 Å². The molecule has 2 saturated heterocycles. The standard InChI is InChI=1S/C22H31N5O/c1-18(16-25-11-4-5-12-25)22(28)26-13-7-19(8-14-26)21-24-10-15-27(21)17-20-6-2-3-9-23-20/h2-3,6,9-10,15,18-19H,4-5,7-8,11-14,16-17H2,1H3/t18-/m1/s1. The number of imidazole rings is 1. The molecule has 2 fully saturated rings. The van der Waals surface area contributed by atoms with E-state index in [1.807, 2.05) is 36.8 Å². The number of rotatable bonds is 6. The molecule has 0 unspecified atom stereocenters. The van der Waals surface area contributed by atoms with Gasteiger partial charge in [0.1, 0.15) is 5.82 Å². The van der Waals surface area contributed by atoms with E-state index >= 15 is 0 Å². The molecule has 2 aliphatic rings. The van der Waals surface area contributed by atoms with Crippen molar-refractivity contribution in [1.29, 1.82) is 0 Å². The van der Waals surface area contributed by atoms with Crippen LogP contribution in [0, 0.1) is 5.92 Å². The topological polar surface area (TPSA) is 54.3 Å². The molecule has 0 aliphatic carbocycles. The van der Waals surface area contributed by atoms with E-state index in [2.05, 4.69) is 31.3 Å². The van der Waals surface area contributed by atoms with E-state index in [0.29, 0.717) is 11.8 Å². The Kier molecular flexibility index (Phi) is 6.05. The van der Waals surface area contributed by atoms with Gasteiger partial charge < -0.3 is 14.4 Å². The average molecular weight is 382 g/mol. The van der Waals surface area contributed by atoms with Gasteiger partial charge in [-0.25, -0.2) is 4.98 Å². The summed E-state index contributed by atoms with van der Waals surface area (Å²) in [6.07, 6.45) is 10.3. The number of piperidine rings is 1. The van der Waals surface area contributed by atoms with Gasteiger partial charge >= 0.3 is 0 Å². The first-order valence-corrected chi connectivity index (χ1v) is 10.6. The molecule has 150 valence electrons. The van der Waals surface area contributed by atoms with E-state index in [1.165, 1.54) is 12.8 Å². The van der Waals surface area contributed by atoms with Crippen LogP contribution in [-0.4, -0.2) is 63.0 Å². The van der Waals surface area contributed by atoms with Gasteiger partial charge in [0.25, 0.3) is 0 Å². The number of nitrogens with zero attached hydrogens (tertiary/aromatic N) is 5. The van der Waals surface area contributed by atoms with Gasteiger partial charge in [-0.05, 0) is 50.9 Å². The third-order valence-corrected chi connectivity index (χ3v) is 6.13. The van der Waals surface area contributed by atoms with E-state index in [4.69, 9.17) is 0 Å². The van der Waals surface area contributed by atoms with Crippen LogP contribution in [0.4, 0.5) is 0 Å². The Morgan fingerprint density at radius 2 is 1.89 bits per heavy atom. The quantitative estimate of drug-likeness (QED) is 0.772. The van der Waals surface area contributed by atoms with Crippen molar-refractivity contribution in [2.75, 3.05) is 32.7 Å². The van der Waals surface area contributed by atoms with Gasteiger partial charge in [-0.2, -0.15) is 0 Å². The van der Waals surface area contributed by atoms with Crippen LogP contribution in [0.25, 0.3) is 0 Å². The minimum atomic E-state index is 0.0980. The van der Waals surface area contributed by atoms with Crippen LogP contribution in [0.5, 0.6) is 0 Å². The highest BCUT2D eigenvalue weighted by Gasteiger charge is 2.29. The second-order valence-corrected chi connectivity index (χ2v) is 8.24. The van der Waals surface area contributed by atoms with E-state index in [9.17, 15) is 4.79 Å². The molecule has 6 heteroatoms. The summed E-state index contributed by atoms with van der Waals surface area (Å²) in [6, 6.07) is 6.01. The Morgan fingerprint density at radius 1 is 1.11 bits per heavy atom. The van der Waals surface area contributed by atoms with E-state index in [1.54, 1.807) is 0 Å². The highest BCUT2D eigenvalue weighted by molar-refractivity contribution is 5.78. The van der Waals surface area contributed by atoms with E-state index in [0.717, 1.165) is 63.6 Å². The van der Waals surface area contributed by atoms with Gasteiger partial charge in [0.15, 0.2) is 0 Å². The summed E-state index contributed by atoms with van der Waals surface area (Å²) in [7, 11) is 0. The predicted octanol–water partition coefficient (Wildman–Crippen LogP) is 2.76. The first-order valence-electron chi connectivity index (χ1n) is 10.6. The maximum absolute atomic E-state index is 12.9. The zero-order valence-electron chi connectivity index (χ0n) is 16.8. The van der Waals surface area contributed by atoms with Crippen LogP contribution < -0.4 is 0 Å². The fourth-order valence-corrected chi connectivity index (χ4v) is 4.58. The molecular weight excluding hydrogens is 350 g/mol. The summed E-state index contributed by atoms with van der Waals surface area (Å²) in [5.74, 6) is 1.96. The monoisotopic (exact) mass is 381 g/mol. The molecule has 2 aromatic heterocycles. The van der Waals surface area contributed by atoms with Gasteiger partial charge in [0, 0.05) is 50.1 Å². The lowest BCUT2D eigenvalue weighted by Gasteiger charge is -2.34. The van der Waals surface area contributed by atoms with Crippen LogP contribution in [0.15, 0.2) is 36.8 Å². The average Bonchev–Trinajstić information content (AvgIpc) is 3.40. The van der Waals surface area contributed by atoms with Crippen LogP contribution in [0.1, 0.15) is 50.0 Å². The lowest BCUT2D eigenvalue weighted by Crippen LogP contribution is -2.43. The van der Waals surface area contributed by atoms with Gasteiger partial charge in [-0.15, -0.1) is 0 Å². The molecule has 0 saturated carbocycles. The number of likely N-dealkylation sites (tertiary alicyclic amines) is 2. The van der Waals surface area contributed by atoms with Crippen molar-refractivity contribution in [3.05, 3.63) is 48.3 Å². The summed E-state index contributed by atoms with van der Waals surface area (Å²) in [6.45, 7) is 7.73. The maximum atomic E-state index is 12.9. The number of aromatic nitrogens is 3. The number of hydrogen-bond donors (Lipinski definition) is 0. The number of amides is 1. The smallest absolute Gasteiger partial charge is 0.226 e. The molecule has 4 heterocycles. The maximum Gasteiger partial charge on any atom is 0.226 e. The SMILES string of the molecule is C[C@H](CN1CCCC1)C(=O)N1CCC(c2nccn2Cc2ccccn2)CC1. The van der Waals surface area contributed by atoms with Crippen LogP contribution in [-0.2, 0) is 11.3 Å². The molecule has 6 nitrogen and oxygen atoms in total. The second-order valence-electron chi connectivity index (χ2n) is 8.24. The third kappa shape index (κ3) is 4.43. The summed E-state index contributed by atoms with van der Waals surface area (Å²) in [5, 5.41) is 0. The Hall–Kier alpha value is -2.21. The molecule has 0 bridgehead atoms.